The Hall–Kier alpha value is -6.39. The zero-order valence-corrected chi connectivity index (χ0v) is 26.4. The van der Waals surface area contributed by atoms with Crippen molar-refractivity contribution in [3.63, 3.8) is 0 Å². The zero-order chi connectivity index (χ0) is 32.0. The molecule has 0 aliphatic carbocycles. The summed E-state index contributed by atoms with van der Waals surface area (Å²) in [5.41, 5.74) is 9.98. The van der Waals surface area contributed by atoms with Crippen molar-refractivity contribution in [3.05, 3.63) is 169 Å². The molecule has 9 aromatic rings. The van der Waals surface area contributed by atoms with Crippen molar-refractivity contribution in [2.75, 3.05) is 0 Å². The monoisotopic (exact) mass is 614 g/mol. The second-order valence-electron chi connectivity index (χ2n) is 12.1. The Labute approximate surface area is 278 Å². The molecule has 0 saturated heterocycles. The third-order valence-electron chi connectivity index (χ3n) is 9.13. The summed E-state index contributed by atoms with van der Waals surface area (Å²) in [7, 11) is 0. The highest BCUT2D eigenvalue weighted by Crippen LogP contribution is 2.40. The summed E-state index contributed by atoms with van der Waals surface area (Å²) in [5.74, 6) is 1.95. The Morgan fingerprint density at radius 3 is 1.60 bits per heavy atom. The van der Waals surface area contributed by atoms with Crippen molar-refractivity contribution in [1.29, 1.82) is 0 Å². The van der Waals surface area contributed by atoms with Gasteiger partial charge in [-0.25, -0.2) is 15.0 Å². The van der Waals surface area contributed by atoms with Crippen LogP contribution in [0.15, 0.2) is 164 Å². The van der Waals surface area contributed by atoms with Gasteiger partial charge in [-0.05, 0) is 53.6 Å². The van der Waals surface area contributed by atoms with Gasteiger partial charge in [0.15, 0.2) is 17.5 Å². The highest BCUT2D eigenvalue weighted by molar-refractivity contribution is 6.11. The molecule has 4 heteroatoms. The third-order valence-corrected chi connectivity index (χ3v) is 9.13. The Kier molecular flexibility index (Phi) is 6.65. The van der Waals surface area contributed by atoms with Crippen molar-refractivity contribution >= 4 is 32.6 Å². The van der Waals surface area contributed by atoms with E-state index in [1.165, 1.54) is 27.4 Å². The molecule has 2 heterocycles. The molecule has 48 heavy (non-hydrogen) atoms. The second-order valence-corrected chi connectivity index (χ2v) is 12.1. The quantitative estimate of drug-likeness (QED) is 0.194. The van der Waals surface area contributed by atoms with E-state index < -0.39 is 0 Å². The van der Waals surface area contributed by atoms with Crippen LogP contribution in [0.2, 0.25) is 0 Å². The van der Waals surface area contributed by atoms with Gasteiger partial charge in [0, 0.05) is 33.0 Å². The molecule has 0 radical (unpaired) electrons. The fourth-order valence-electron chi connectivity index (χ4n) is 6.90. The molecule has 226 valence electrons. The van der Waals surface area contributed by atoms with Crippen LogP contribution in [0.25, 0.3) is 83.6 Å². The SMILES string of the molecule is Cc1ccc2c(c1)c1ccccc1n2-c1ccccc1-c1ccc(-c2nc(-c3ccccc3)nc(-c3ccccc3)n2)c2ccccc12. The number of hydrogen-bond donors (Lipinski definition) is 0. The Bertz CT molecular complexity index is 2560. The third kappa shape index (κ3) is 4.66. The van der Waals surface area contributed by atoms with Crippen LogP contribution >= 0.6 is 0 Å². The van der Waals surface area contributed by atoms with E-state index in [-0.39, 0.29) is 0 Å². The Morgan fingerprint density at radius 1 is 0.375 bits per heavy atom. The lowest BCUT2D eigenvalue weighted by Gasteiger charge is -2.17. The molecule has 0 N–H and O–H groups in total. The van der Waals surface area contributed by atoms with Crippen molar-refractivity contribution in [1.82, 2.24) is 19.5 Å². The van der Waals surface area contributed by atoms with Gasteiger partial charge >= 0.3 is 0 Å². The highest BCUT2D eigenvalue weighted by atomic mass is 15.0. The van der Waals surface area contributed by atoms with Crippen molar-refractivity contribution in [2.24, 2.45) is 0 Å². The highest BCUT2D eigenvalue weighted by Gasteiger charge is 2.19. The standard InChI is InChI=1S/C44H30N4/c1-29-24-27-41-38(28-29)36-21-11-13-23-40(36)48(41)39-22-12-10-20-35(39)34-25-26-37(33-19-9-8-18-32(33)34)44-46-42(30-14-4-2-5-15-30)45-43(47-44)31-16-6-3-7-17-31/h2-28H,1H3. The summed E-state index contributed by atoms with van der Waals surface area (Å²) in [6.07, 6.45) is 0. The van der Waals surface area contributed by atoms with Crippen LogP contribution in [0, 0.1) is 6.92 Å². The first kappa shape index (κ1) is 27.9. The van der Waals surface area contributed by atoms with Crippen molar-refractivity contribution in [3.8, 4) is 51.0 Å². The fraction of sp³-hybridized carbons (Fsp3) is 0.0227. The van der Waals surface area contributed by atoms with Crippen molar-refractivity contribution < 1.29 is 0 Å². The van der Waals surface area contributed by atoms with Crippen LogP contribution in [-0.2, 0) is 0 Å². The molecule has 0 aliphatic rings. The van der Waals surface area contributed by atoms with E-state index in [2.05, 4.69) is 115 Å². The number of rotatable bonds is 5. The summed E-state index contributed by atoms with van der Waals surface area (Å²) in [6.45, 7) is 2.16. The molecule has 0 bridgehead atoms. The van der Waals surface area contributed by atoms with E-state index in [0.717, 1.165) is 44.3 Å². The molecular formula is C44H30N4. The topological polar surface area (TPSA) is 43.6 Å². The van der Waals surface area contributed by atoms with Crippen LogP contribution in [-0.4, -0.2) is 19.5 Å². The number of benzene rings is 7. The lowest BCUT2D eigenvalue weighted by molar-refractivity contribution is 1.08. The van der Waals surface area contributed by atoms with E-state index in [1.54, 1.807) is 0 Å². The van der Waals surface area contributed by atoms with Gasteiger partial charge in [0.25, 0.3) is 0 Å². The average Bonchev–Trinajstić information content (AvgIpc) is 3.48. The van der Waals surface area contributed by atoms with Crippen LogP contribution in [0.5, 0.6) is 0 Å². The molecular weight excluding hydrogens is 585 g/mol. The maximum absolute atomic E-state index is 5.06. The number of hydrogen-bond acceptors (Lipinski definition) is 3. The molecule has 0 fully saturated rings. The molecule has 4 nitrogen and oxygen atoms in total. The Balaban J connectivity index is 1.27. The zero-order valence-electron chi connectivity index (χ0n) is 26.4. The molecule has 7 aromatic carbocycles. The molecule has 0 spiro atoms. The van der Waals surface area contributed by atoms with Gasteiger partial charge < -0.3 is 4.57 Å². The van der Waals surface area contributed by atoms with E-state index >= 15 is 0 Å². The first-order valence-corrected chi connectivity index (χ1v) is 16.2. The number of para-hydroxylation sites is 2. The largest absolute Gasteiger partial charge is 0.309 e. The van der Waals surface area contributed by atoms with E-state index in [0.29, 0.717) is 17.5 Å². The smallest absolute Gasteiger partial charge is 0.164 e. The minimum atomic E-state index is 0.650. The van der Waals surface area contributed by atoms with Gasteiger partial charge in [-0.2, -0.15) is 0 Å². The lowest BCUT2D eigenvalue weighted by atomic mass is 9.93. The van der Waals surface area contributed by atoms with Crippen LogP contribution < -0.4 is 0 Å². The van der Waals surface area contributed by atoms with Gasteiger partial charge in [0.05, 0.1) is 16.7 Å². The van der Waals surface area contributed by atoms with Gasteiger partial charge in [-0.3, -0.25) is 0 Å². The van der Waals surface area contributed by atoms with Gasteiger partial charge in [0.1, 0.15) is 0 Å². The molecule has 0 aliphatic heterocycles. The maximum atomic E-state index is 5.06. The number of nitrogens with zero attached hydrogens (tertiary/aromatic N) is 4. The first-order chi connectivity index (χ1) is 23.7. The van der Waals surface area contributed by atoms with Crippen molar-refractivity contribution in [2.45, 2.75) is 6.92 Å². The molecule has 0 unspecified atom stereocenters. The van der Waals surface area contributed by atoms with E-state index in [4.69, 9.17) is 15.0 Å². The van der Waals surface area contributed by atoms with Gasteiger partial charge in [-0.15, -0.1) is 0 Å². The molecule has 0 atom stereocenters. The predicted octanol–water partition coefficient (Wildman–Crippen LogP) is 11.1. The van der Waals surface area contributed by atoms with Crippen LogP contribution in [0.3, 0.4) is 0 Å². The normalized spacial score (nSPS) is 11.4. The number of aromatic nitrogens is 4. The molecule has 0 amide bonds. The summed E-state index contributed by atoms with van der Waals surface area (Å²) in [5, 5.41) is 4.75. The number of fused-ring (bicyclic) bond motifs is 4. The second kappa shape index (κ2) is 11.4. The van der Waals surface area contributed by atoms with E-state index in [9.17, 15) is 0 Å². The minimum absolute atomic E-state index is 0.650. The summed E-state index contributed by atoms with van der Waals surface area (Å²) in [4.78, 5) is 15.0. The molecule has 2 aromatic heterocycles. The summed E-state index contributed by atoms with van der Waals surface area (Å²) < 4.78 is 2.41. The average molecular weight is 615 g/mol. The fourth-order valence-corrected chi connectivity index (χ4v) is 6.90. The minimum Gasteiger partial charge on any atom is -0.309 e. The van der Waals surface area contributed by atoms with Gasteiger partial charge in [0.2, 0.25) is 0 Å². The van der Waals surface area contributed by atoms with Gasteiger partial charge in [-0.1, -0.05) is 139 Å². The summed E-state index contributed by atoms with van der Waals surface area (Å²) >= 11 is 0. The van der Waals surface area contributed by atoms with Crippen LogP contribution in [0.4, 0.5) is 0 Å². The first-order valence-electron chi connectivity index (χ1n) is 16.2. The number of aryl methyl sites for hydroxylation is 1. The molecule has 9 rings (SSSR count). The predicted molar refractivity (Wildman–Crippen MR) is 198 cm³/mol. The summed E-state index contributed by atoms with van der Waals surface area (Å²) in [6, 6.07) is 57.4. The molecule has 0 saturated carbocycles. The van der Waals surface area contributed by atoms with Crippen LogP contribution in [0.1, 0.15) is 5.56 Å². The lowest BCUT2D eigenvalue weighted by Crippen LogP contribution is -2.01. The van der Waals surface area contributed by atoms with E-state index in [1.807, 2.05) is 60.7 Å². The maximum Gasteiger partial charge on any atom is 0.164 e. The Morgan fingerprint density at radius 2 is 0.896 bits per heavy atom.